The first-order chi connectivity index (χ1) is 6.75. The van der Waals surface area contributed by atoms with E-state index in [1.165, 1.54) is 11.3 Å². The molecule has 3 nitrogen and oxygen atoms in total. The summed E-state index contributed by atoms with van der Waals surface area (Å²) in [6.45, 7) is 1.85. The number of rotatable bonds is 2. The monoisotopic (exact) mass is 230 g/mol. The molecule has 1 aliphatic rings. The Morgan fingerprint density at radius 2 is 2.57 bits per heavy atom. The largest absolute Gasteiger partial charge is 0.348 e. The van der Waals surface area contributed by atoms with E-state index in [2.05, 4.69) is 10.6 Å². The molecule has 1 atom stereocenters. The second-order valence-electron chi connectivity index (χ2n) is 3.30. The van der Waals surface area contributed by atoms with Crippen molar-refractivity contribution in [3.8, 4) is 0 Å². The van der Waals surface area contributed by atoms with E-state index in [4.69, 9.17) is 11.6 Å². The van der Waals surface area contributed by atoms with Gasteiger partial charge in [0.15, 0.2) is 0 Å². The van der Waals surface area contributed by atoms with E-state index in [0.717, 1.165) is 19.5 Å². The molecular weight excluding hydrogens is 220 g/mol. The van der Waals surface area contributed by atoms with Crippen molar-refractivity contribution in [1.82, 2.24) is 10.6 Å². The van der Waals surface area contributed by atoms with Crippen molar-refractivity contribution in [1.29, 1.82) is 0 Å². The molecular formula is C9H11ClN2OS. The van der Waals surface area contributed by atoms with Crippen molar-refractivity contribution in [2.75, 3.05) is 13.1 Å². The first-order valence-corrected chi connectivity index (χ1v) is 5.77. The van der Waals surface area contributed by atoms with Crippen LogP contribution >= 0.6 is 22.9 Å². The third kappa shape index (κ3) is 2.26. The molecule has 2 heterocycles. The Kier molecular flexibility index (Phi) is 3.05. The molecule has 1 saturated heterocycles. The highest BCUT2D eigenvalue weighted by atomic mass is 35.5. The van der Waals surface area contributed by atoms with Gasteiger partial charge in [-0.1, -0.05) is 11.6 Å². The van der Waals surface area contributed by atoms with Crippen LogP contribution in [0.5, 0.6) is 0 Å². The van der Waals surface area contributed by atoms with Crippen molar-refractivity contribution in [3.63, 3.8) is 0 Å². The molecule has 0 bridgehead atoms. The van der Waals surface area contributed by atoms with Gasteiger partial charge in [0.05, 0.1) is 9.90 Å². The van der Waals surface area contributed by atoms with Crippen LogP contribution in [0.3, 0.4) is 0 Å². The highest BCUT2D eigenvalue weighted by molar-refractivity contribution is 7.14. The average molecular weight is 231 g/mol. The second kappa shape index (κ2) is 4.29. The summed E-state index contributed by atoms with van der Waals surface area (Å²) in [5, 5.41) is 7.93. The number of carbonyl (C=O) groups excluding carboxylic acids is 1. The predicted molar refractivity (Wildman–Crippen MR) is 58.1 cm³/mol. The number of hydrogen-bond acceptors (Lipinski definition) is 3. The van der Waals surface area contributed by atoms with Crippen molar-refractivity contribution in [2.24, 2.45) is 0 Å². The summed E-state index contributed by atoms with van der Waals surface area (Å²) in [6, 6.07) is 1.96. The van der Waals surface area contributed by atoms with E-state index in [9.17, 15) is 4.79 Å². The molecule has 5 heteroatoms. The standard InChI is InChI=1S/C9H11ClN2OS/c10-8-3-6(5-14-8)9(13)12-7-1-2-11-4-7/h3,5,7,11H,1-2,4H2,(H,12,13)/t7-/m0/s1. The third-order valence-corrected chi connectivity index (χ3v) is 3.32. The van der Waals surface area contributed by atoms with Gasteiger partial charge >= 0.3 is 0 Å². The molecule has 2 rings (SSSR count). The maximum absolute atomic E-state index is 11.6. The fraction of sp³-hybridized carbons (Fsp3) is 0.444. The molecule has 0 saturated carbocycles. The second-order valence-corrected chi connectivity index (χ2v) is 4.85. The van der Waals surface area contributed by atoms with Crippen molar-refractivity contribution in [3.05, 3.63) is 21.3 Å². The normalized spacial score (nSPS) is 21.1. The minimum atomic E-state index is -0.0261. The molecule has 0 spiro atoms. The van der Waals surface area contributed by atoms with Crippen molar-refractivity contribution >= 4 is 28.8 Å². The lowest BCUT2D eigenvalue weighted by molar-refractivity contribution is 0.0940. The quantitative estimate of drug-likeness (QED) is 0.809. The Hall–Kier alpha value is -0.580. The van der Waals surface area contributed by atoms with Gasteiger partial charge in [-0.3, -0.25) is 4.79 Å². The zero-order chi connectivity index (χ0) is 9.97. The van der Waals surface area contributed by atoms with Gasteiger partial charge in [0.2, 0.25) is 0 Å². The summed E-state index contributed by atoms with van der Waals surface area (Å²) in [5.74, 6) is -0.0261. The lowest BCUT2D eigenvalue weighted by atomic mass is 10.2. The molecule has 76 valence electrons. The summed E-state index contributed by atoms with van der Waals surface area (Å²) in [6.07, 6.45) is 1.00. The van der Waals surface area contributed by atoms with Gasteiger partial charge < -0.3 is 10.6 Å². The SMILES string of the molecule is O=C(N[C@H]1CCNC1)c1csc(Cl)c1. The van der Waals surface area contributed by atoms with Gasteiger partial charge in [-0.2, -0.15) is 0 Å². The van der Waals surface area contributed by atoms with Crippen LogP contribution in [0, 0.1) is 0 Å². The molecule has 1 aromatic rings. The minimum absolute atomic E-state index is 0.0261. The van der Waals surface area contributed by atoms with Crippen molar-refractivity contribution in [2.45, 2.75) is 12.5 Å². The molecule has 0 unspecified atom stereocenters. The van der Waals surface area contributed by atoms with E-state index in [-0.39, 0.29) is 11.9 Å². The summed E-state index contributed by atoms with van der Waals surface area (Å²) in [5.41, 5.74) is 0.659. The van der Waals surface area contributed by atoms with E-state index in [1.54, 1.807) is 11.4 Å². The third-order valence-electron chi connectivity index (χ3n) is 2.23. The van der Waals surface area contributed by atoms with Crippen LogP contribution in [0.25, 0.3) is 0 Å². The Labute approximate surface area is 91.5 Å². The molecule has 0 aliphatic carbocycles. The molecule has 0 aromatic carbocycles. The van der Waals surface area contributed by atoms with Crippen LogP contribution < -0.4 is 10.6 Å². The van der Waals surface area contributed by atoms with E-state index in [1.807, 2.05) is 0 Å². The first kappa shape index (κ1) is 9.96. The molecule has 1 amide bonds. The Balaban J connectivity index is 1.95. The van der Waals surface area contributed by atoms with E-state index in [0.29, 0.717) is 9.90 Å². The van der Waals surface area contributed by atoms with Crippen LogP contribution in [0.1, 0.15) is 16.8 Å². The van der Waals surface area contributed by atoms with Crippen LogP contribution in [0.4, 0.5) is 0 Å². The lowest BCUT2D eigenvalue weighted by Crippen LogP contribution is -2.35. The highest BCUT2D eigenvalue weighted by Crippen LogP contribution is 2.19. The predicted octanol–water partition coefficient (Wildman–Crippen LogP) is 1.49. The molecule has 1 fully saturated rings. The molecule has 1 aliphatic heterocycles. The van der Waals surface area contributed by atoms with Crippen LogP contribution in [-0.2, 0) is 0 Å². The Bertz CT molecular complexity index is 333. The Morgan fingerprint density at radius 1 is 1.71 bits per heavy atom. The van der Waals surface area contributed by atoms with Gasteiger partial charge in [-0.25, -0.2) is 0 Å². The minimum Gasteiger partial charge on any atom is -0.348 e. The number of amides is 1. The average Bonchev–Trinajstić information content (AvgIpc) is 2.75. The number of thiophene rings is 1. The maximum Gasteiger partial charge on any atom is 0.252 e. The molecule has 14 heavy (non-hydrogen) atoms. The number of nitrogens with one attached hydrogen (secondary N) is 2. The van der Waals surface area contributed by atoms with E-state index < -0.39 is 0 Å². The van der Waals surface area contributed by atoms with Crippen LogP contribution in [0.2, 0.25) is 4.34 Å². The first-order valence-electron chi connectivity index (χ1n) is 4.51. The van der Waals surface area contributed by atoms with Gasteiger partial charge in [0.25, 0.3) is 5.91 Å². The fourth-order valence-electron chi connectivity index (χ4n) is 1.48. The summed E-state index contributed by atoms with van der Waals surface area (Å²) < 4.78 is 0.652. The Morgan fingerprint density at radius 3 is 3.14 bits per heavy atom. The zero-order valence-corrected chi connectivity index (χ0v) is 9.12. The molecule has 1 aromatic heterocycles. The summed E-state index contributed by atoms with van der Waals surface area (Å²) >= 11 is 7.13. The highest BCUT2D eigenvalue weighted by Gasteiger charge is 2.17. The zero-order valence-electron chi connectivity index (χ0n) is 7.55. The smallest absolute Gasteiger partial charge is 0.252 e. The number of halogens is 1. The van der Waals surface area contributed by atoms with E-state index >= 15 is 0 Å². The van der Waals surface area contributed by atoms with Crippen LogP contribution in [-0.4, -0.2) is 25.0 Å². The van der Waals surface area contributed by atoms with Crippen molar-refractivity contribution < 1.29 is 4.79 Å². The number of carbonyl (C=O) groups is 1. The maximum atomic E-state index is 11.6. The lowest BCUT2D eigenvalue weighted by Gasteiger charge is -2.09. The fourth-order valence-corrected chi connectivity index (χ4v) is 2.34. The van der Waals surface area contributed by atoms with Crippen LogP contribution in [0.15, 0.2) is 11.4 Å². The topological polar surface area (TPSA) is 41.1 Å². The van der Waals surface area contributed by atoms with Gasteiger partial charge in [-0.05, 0) is 19.0 Å². The summed E-state index contributed by atoms with van der Waals surface area (Å²) in [7, 11) is 0. The summed E-state index contributed by atoms with van der Waals surface area (Å²) in [4.78, 5) is 11.6. The van der Waals surface area contributed by atoms with Gasteiger partial charge in [-0.15, -0.1) is 11.3 Å². The molecule has 2 N–H and O–H groups in total. The molecule has 0 radical (unpaired) electrons. The van der Waals surface area contributed by atoms with Gasteiger partial charge in [0.1, 0.15) is 0 Å². The number of hydrogen-bond donors (Lipinski definition) is 2. The van der Waals surface area contributed by atoms with Gasteiger partial charge in [0, 0.05) is 18.0 Å².